The number of hydrogen-bond donors (Lipinski definition) is 0. The van der Waals surface area contributed by atoms with Crippen molar-refractivity contribution in [1.29, 1.82) is 0 Å². The largest absolute Gasteiger partial charge is 0.573 e. The van der Waals surface area contributed by atoms with Crippen molar-refractivity contribution in [2.45, 2.75) is 45.9 Å². The maximum absolute atomic E-state index is 12.6. The minimum Gasteiger partial charge on any atom is -0.405 e. The van der Waals surface area contributed by atoms with Gasteiger partial charge >= 0.3 is 6.36 Å². The van der Waals surface area contributed by atoms with Gasteiger partial charge in [0.15, 0.2) is 0 Å². The van der Waals surface area contributed by atoms with Crippen LogP contribution in [0.5, 0.6) is 5.75 Å². The average molecular weight is 301 g/mol. The van der Waals surface area contributed by atoms with Crippen LogP contribution < -0.4 is 9.64 Å². The first-order valence-corrected chi connectivity index (χ1v) is 7.41. The third kappa shape index (κ3) is 4.29. The van der Waals surface area contributed by atoms with E-state index in [2.05, 4.69) is 16.6 Å². The van der Waals surface area contributed by atoms with Crippen LogP contribution in [0.4, 0.5) is 18.9 Å². The highest BCUT2D eigenvalue weighted by molar-refractivity contribution is 5.55. The van der Waals surface area contributed by atoms with Crippen LogP contribution >= 0.6 is 0 Å². The van der Waals surface area contributed by atoms with Gasteiger partial charge in [0.2, 0.25) is 0 Å². The number of ether oxygens (including phenoxy) is 1. The maximum Gasteiger partial charge on any atom is 0.573 e. The minimum absolute atomic E-state index is 0.0159. The molecule has 0 aliphatic carbocycles. The van der Waals surface area contributed by atoms with Crippen molar-refractivity contribution in [3.8, 4) is 5.75 Å². The Morgan fingerprint density at radius 2 is 1.81 bits per heavy atom. The fourth-order valence-electron chi connectivity index (χ4n) is 2.68. The van der Waals surface area contributed by atoms with Crippen LogP contribution in [0.2, 0.25) is 0 Å². The highest BCUT2D eigenvalue weighted by Gasteiger charge is 2.32. The van der Waals surface area contributed by atoms with E-state index in [1.54, 1.807) is 6.07 Å². The summed E-state index contributed by atoms with van der Waals surface area (Å²) in [7, 11) is 0. The molecule has 0 aromatic heterocycles. The maximum atomic E-state index is 12.6. The van der Waals surface area contributed by atoms with Crippen LogP contribution in [0.25, 0.3) is 0 Å². The summed E-state index contributed by atoms with van der Waals surface area (Å²) in [6.07, 6.45) is -2.51. The van der Waals surface area contributed by atoms with E-state index in [0.717, 1.165) is 31.6 Å². The quantitative estimate of drug-likeness (QED) is 0.783. The lowest BCUT2D eigenvalue weighted by atomic mass is 9.97. The molecule has 0 unspecified atom stereocenters. The highest BCUT2D eigenvalue weighted by Crippen LogP contribution is 2.35. The van der Waals surface area contributed by atoms with Crippen LogP contribution in [0.15, 0.2) is 18.2 Å². The van der Waals surface area contributed by atoms with Gasteiger partial charge in [-0.25, -0.2) is 0 Å². The van der Waals surface area contributed by atoms with Gasteiger partial charge < -0.3 is 9.64 Å². The van der Waals surface area contributed by atoms with E-state index in [1.165, 1.54) is 6.07 Å². The van der Waals surface area contributed by atoms with Gasteiger partial charge in [0, 0.05) is 24.8 Å². The molecule has 0 spiro atoms. The standard InChI is InChI=1S/C16H22F3NO/c1-11(2)14-5-4-13(10-15(14)21-16(17,18)19)20-8-6-12(3)7-9-20/h4-5,10-12H,6-9H2,1-3H3. The number of benzene rings is 1. The van der Waals surface area contributed by atoms with Crippen LogP contribution in [-0.4, -0.2) is 19.5 Å². The molecule has 1 aromatic carbocycles. The Morgan fingerprint density at radius 1 is 1.19 bits per heavy atom. The molecule has 1 aliphatic heterocycles. The number of nitrogens with zero attached hydrogens (tertiary/aromatic N) is 1. The summed E-state index contributed by atoms with van der Waals surface area (Å²) >= 11 is 0. The SMILES string of the molecule is CC1CCN(c2ccc(C(C)C)c(OC(F)(F)F)c2)CC1. The lowest BCUT2D eigenvalue weighted by Gasteiger charge is -2.32. The Morgan fingerprint density at radius 3 is 2.33 bits per heavy atom. The van der Waals surface area contributed by atoms with E-state index in [0.29, 0.717) is 11.5 Å². The van der Waals surface area contributed by atoms with Crippen LogP contribution in [0.1, 0.15) is 45.1 Å². The normalized spacial score (nSPS) is 17.4. The summed E-state index contributed by atoms with van der Waals surface area (Å²) in [4.78, 5) is 2.13. The minimum atomic E-state index is -4.65. The topological polar surface area (TPSA) is 12.5 Å². The molecule has 1 aliphatic rings. The molecule has 0 N–H and O–H groups in total. The first kappa shape index (κ1) is 16.0. The predicted octanol–water partition coefficient (Wildman–Crippen LogP) is 4.94. The summed E-state index contributed by atoms with van der Waals surface area (Å²) in [5, 5.41) is 0. The van der Waals surface area contributed by atoms with Crippen LogP contribution in [0, 0.1) is 5.92 Å². The summed E-state index contributed by atoms with van der Waals surface area (Å²) < 4.78 is 41.9. The van der Waals surface area contributed by atoms with E-state index in [4.69, 9.17) is 0 Å². The number of hydrogen-bond acceptors (Lipinski definition) is 2. The van der Waals surface area contributed by atoms with Gasteiger partial charge in [-0.05, 0) is 36.3 Å². The Bertz CT molecular complexity index is 477. The first-order chi connectivity index (χ1) is 9.76. The van der Waals surface area contributed by atoms with Crippen molar-refractivity contribution in [3.05, 3.63) is 23.8 Å². The molecule has 0 radical (unpaired) electrons. The molecular weight excluding hydrogens is 279 g/mol. The van der Waals surface area contributed by atoms with Crippen molar-refractivity contribution in [3.63, 3.8) is 0 Å². The summed E-state index contributed by atoms with van der Waals surface area (Å²) in [6, 6.07) is 5.17. The summed E-state index contributed by atoms with van der Waals surface area (Å²) in [5.41, 5.74) is 1.40. The third-order valence-electron chi connectivity index (χ3n) is 3.99. The van der Waals surface area contributed by atoms with Gasteiger partial charge in [0.1, 0.15) is 5.75 Å². The average Bonchev–Trinajstić information content (AvgIpc) is 2.37. The van der Waals surface area contributed by atoms with Crippen molar-refractivity contribution in [1.82, 2.24) is 0 Å². The molecule has 2 rings (SSSR count). The number of piperidine rings is 1. The smallest absolute Gasteiger partial charge is 0.405 e. The zero-order chi connectivity index (χ0) is 15.6. The molecule has 118 valence electrons. The van der Waals surface area contributed by atoms with Crippen LogP contribution in [0.3, 0.4) is 0 Å². The molecule has 1 aromatic rings. The lowest BCUT2D eigenvalue weighted by molar-refractivity contribution is -0.274. The number of anilines is 1. The molecule has 1 saturated heterocycles. The van der Waals surface area contributed by atoms with Gasteiger partial charge in [-0.1, -0.05) is 26.8 Å². The molecule has 0 bridgehead atoms. The monoisotopic (exact) mass is 301 g/mol. The van der Waals surface area contributed by atoms with E-state index >= 15 is 0 Å². The Balaban J connectivity index is 2.26. The highest BCUT2D eigenvalue weighted by atomic mass is 19.4. The number of rotatable bonds is 3. The van der Waals surface area contributed by atoms with Crippen LogP contribution in [-0.2, 0) is 0 Å². The van der Waals surface area contributed by atoms with Gasteiger partial charge in [0.25, 0.3) is 0 Å². The van der Waals surface area contributed by atoms with Gasteiger partial charge in [0.05, 0.1) is 0 Å². The van der Waals surface area contributed by atoms with Crippen molar-refractivity contribution >= 4 is 5.69 Å². The lowest BCUT2D eigenvalue weighted by Crippen LogP contribution is -2.32. The zero-order valence-corrected chi connectivity index (χ0v) is 12.7. The van der Waals surface area contributed by atoms with E-state index < -0.39 is 6.36 Å². The Labute approximate surface area is 123 Å². The molecular formula is C16H22F3NO. The first-order valence-electron chi connectivity index (χ1n) is 7.41. The van der Waals surface area contributed by atoms with E-state index in [-0.39, 0.29) is 11.7 Å². The third-order valence-corrected chi connectivity index (χ3v) is 3.99. The second kappa shape index (κ2) is 6.16. The van der Waals surface area contributed by atoms with E-state index in [1.807, 2.05) is 19.9 Å². The molecule has 5 heteroatoms. The Kier molecular flexibility index (Phi) is 4.69. The summed E-state index contributed by atoms with van der Waals surface area (Å²) in [5.74, 6) is 0.591. The van der Waals surface area contributed by atoms with Gasteiger partial charge in [-0.15, -0.1) is 13.2 Å². The second-order valence-corrected chi connectivity index (χ2v) is 6.09. The predicted molar refractivity (Wildman–Crippen MR) is 77.8 cm³/mol. The molecule has 0 atom stereocenters. The molecule has 21 heavy (non-hydrogen) atoms. The molecule has 2 nitrogen and oxygen atoms in total. The van der Waals surface area contributed by atoms with E-state index in [9.17, 15) is 13.2 Å². The second-order valence-electron chi connectivity index (χ2n) is 6.09. The Hall–Kier alpha value is -1.39. The number of halogens is 3. The van der Waals surface area contributed by atoms with Crippen molar-refractivity contribution < 1.29 is 17.9 Å². The molecule has 1 fully saturated rings. The fraction of sp³-hybridized carbons (Fsp3) is 0.625. The van der Waals surface area contributed by atoms with Crippen molar-refractivity contribution in [2.24, 2.45) is 5.92 Å². The van der Waals surface area contributed by atoms with Gasteiger partial charge in [-0.3, -0.25) is 0 Å². The fourth-order valence-corrected chi connectivity index (χ4v) is 2.68. The molecule has 0 amide bonds. The van der Waals surface area contributed by atoms with Gasteiger partial charge in [-0.2, -0.15) is 0 Å². The summed E-state index contributed by atoms with van der Waals surface area (Å²) in [6.45, 7) is 7.69. The molecule has 0 saturated carbocycles. The number of alkyl halides is 3. The molecule has 1 heterocycles. The van der Waals surface area contributed by atoms with Crippen molar-refractivity contribution in [2.75, 3.05) is 18.0 Å². The zero-order valence-electron chi connectivity index (χ0n) is 12.7.